The first kappa shape index (κ1) is 17.9. The zero-order valence-electron chi connectivity index (χ0n) is 13.5. The Morgan fingerprint density at radius 3 is 2.46 bits per heavy atom. The van der Waals surface area contributed by atoms with Crippen LogP contribution in [0.4, 0.5) is 10.5 Å². The Morgan fingerprint density at radius 1 is 1.17 bits per heavy atom. The van der Waals surface area contributed by atoms with Crippen LogP contribution in [0.3, 0.4) is 0 Å². The predicted molar refractivity (Wildman–Crippen MR) is 92.0 cm³/mol. The van der Waals surface area contributed by atoms with Crippen molar-refractivity contribution < 1.29 is 13.2 Å². The van der Waals surface area contributed by atoms with Gasteiger partial charge in [0.05, 0.1) is 0 Å². The number of nitrogens with zero attached hydrogens (tertiary/aromatic N) is 1. The molecule has 0 radical (unpaired) electrons. The molecule has 8 heteroatoms. The number of rotatable bonds is 6. The average Bonchev–Trinajstić information content (AvgIpc) is 2.54. The molecule has 0 aliphatic rings. The van der Waals surface area contributed by atoms with Gasteiger partial charge >= 0.3 is 6.03 Å². The Hall–Kier alpha value is -2.45. The maximum absolute atomic E-state index is 12.1. The number of urea groups is 1. The second-order valence-corrected chi connectivity index (χ2v) is 7.23. The van der Waals surface area contributed by atoms with Crippen LogP contribution >= 0.6 is 0 Å². The summed E-state index contributed by atoms with van der Waals surface area (Å²) in [5.41, 5.74) is 1.41. The van der Waals surface area contributed by atoms with Crippen molar-refractivity contribution in [2.75, 3.05) is 5.32 Å². The van der Waals surface area contributed by atoms with Gasteiger partial charge in [0.25, 0.3) is 0 Å². The molecular formula is C16H20N4O3S. The summed E-state index contributed by atoms with van der Waals surface area (Å²) in [4.78, 5) is 15.5. The molecular weight excluding hydrogens is 328 g/mol. The average molecular weight is 348 g/mol. The molecule has 0 saturated carbocycles. The Kier molecular flexibility index (Phi) is 5.88. The van der Waals surface area contributed by atoms with Gasteiger partial charge < -0.3 is 10.6 Å². The number of aromatic nitrogens is 1. The minimum atomic E-state index is -3.59. The standard InChI is InChI=1S/C16H20N4O3S/c1-12(2)19-16(21)20-14-7-5-13(6-8-14)10-18-24(22,23)15-4-3-9-17-11-15/h3-9,11-12,18H,10H2,1-2H3,(H2,19,20,21). The number of hydrogen-bond acceptors (Lipinski definition) is 4. The number of sulfonamides is 1. The molecule has 1 aromatic heterocycles. The molecule has 0 spiro atoms. The number of carbonyl (C=O) groups excluding carboxylic acids is 1. The highest BCUT2D eigenvalue weighted by Gasteiger charge is 2.13. The van der Waals surface area contributed by atoms with E-state index in [-0.39, 0.29) is 23.5 Å². The number of nitrogens with one attached hydrogen (secondary N) is 3. The minimum absolute atomic E-state index is 0.0474. The lowest BCUT2D eigenvalue weighted by molar-refractivity contribution is 0.250. The van der Waals surface area contributed by atoms with Gasteiger partial charge in [0.2, 0.25) is 10.0 Å². The molecule has 0 atom stereocenters. The van der Waals surface area contributed by atoms with E-state index in [0.29, 0.717) is 5.69 Å². The minimum Gasteiger partial charge on any atom is -0.336 e. The third kappa shape index (κ3) is 5.32. The van der Waals surface area contributed by atoms with E-state index in [1.54, 1.807) is 30.3 Å². The van der Waals surface area contributed by atoms with E-state index in [4.69, 9.17) is 0 Å². The molecule has 0 aliphatic heterocycles. The molecule has 0 unspecified atom stereocenters. The number of benzene rings is 1. The molecule has 0 fully saturated rings. The van der Waals surface area contributed by atoms with Crippen LogP contribution in [0.2, 0.25) is 0 Å². The van der Waals surface area contributed by atoms with Crippen molar-refractivity contribution in [3.05, 3.63) is 54.4 Å². The lowest BCUT2D eigenvalue weighted by atomic mass is 10.2. The highest BCUT2D eigenvalue weighted by molar-refractivity contribution is 7.89. The Bertz CT molecular complexity index is 775. The molecule has 3 N–H and O–H groups in total. The molecule has 1 aromatic carbocycles. The van der Waals surface area contributed by atoms with Crippen molar-refractivity contribution in [2.45, 2.75) is 31.3 Å². The topological polar surface area (TPSA) is 100 Å². The summed E-state index contributed by atoms with van der Waals surface area (Å²) in [6.45, 7) is 3.89. The summed E-state index contributed by atoms with van der Waals surface area (Å²) in [5, 5.41) is 5.42. The summed E-state index contributed by atoms with van der Waals surface area (Å²) in [7, 11) is -3.59. The lowest BCUT2D eigenvalue weighted by Crippen LogP contribution is -2.34. The van der Waals surface area contributed by atoms with E-state index in [1.165, 1.54) is 18.5 Å². The first-order chi connectivity index (χ1) is 11.4. The van der Waals surface area contributed by atoms with Gasteiger partial charge in [-0.3, -0.25) is 4.98 Å². The quantitative estimate of drug-likeness (QED) is 0.744. The van der Waals surface area contributed by atoms with Crippen LogP contribution in [0, 0.1) is 0 Å². The SMILES string of the molecule is CC(C)NC(=O)Nc1ccc(CNS(=O)(=O)c2cccnc2)cc1. The third-order valence-corrected chi connectivity index (χ3v) is 4.43. The van der Waals surface area contributed by atoms with Crippen LogP contribution < -0.4 is 15.4 Å². The van der Waals surface area contributed by atoms with Gasteiger partial charge in [-0.2, -0.15) is 0 Å². The zero-order valence-corrected chi connectivity index (χ0v) is 14.3. The Balaban J connectivity index is 1.94. The van der Waals surface area contributed by atoms with Gasteiger partial charge in [-0.05, 0) is 43.7 Å². The van der Waals surface area contributed by atoms with Crippen molar-refractivity contribution in [2.24, 2.45) is 0 Å². The summed E-state index contributed by atoms with van der Waals surface area (Å²) < 4.78 is 26.7. The predicted octanol–water partition coefficient (Wildman–Crippen LogP) is 2.09. The van der Waals surface area contributed by atoms with Gasteiger partial charge in [0.15, 0.2) is 0 Å². The van der Waals surface area contributed by atoms with E-state index in [9.17, 15) is 13.2 Å². The van der Waals surface area contributed by atoms with Crippen LogP contribution in [0.15, 0.2) is 53.7 Å². The molecule has 2 rings (SSSR count). The molecule has 128 valence electrons. The van der Waals surface area contributed by atoms with E-state index >= 15 is 0 Å². The van der Waals surface area contributed by atoms with Crippen molar-refractivity contribution in [1.82, 2.24) is 15.0 Å². The van der Waals surface area contributed by atoms with Crippen molar-refractivity contribution in [3.63, 3.8) is 0 Å². The number of pyridine rings is 1. The van der Waals surface area contributed by atoms with Crippen LogP contribution in [0.1, 0.15) is 19.4 Å². The van der Waals surface area contributed by atoms with Gasteiger partial charge in [-0.15, -0.1) is 0 Å². The Morgan fingerprint density at radius 2 is 1.88 bits per heavy atom. The number of hydrogen-bond donors (Lipinski definition) is 3. The molecule has 0 saturated heterocycles. The summed E-state index contributed by atoms with van der Waals surface area (Å²) >= 11 is 0. The van der Waals surface area contributed by atoms with Crippen LogP contribution in [-0.4, -0.2) is 25.5 Å². The van der Waals surface area contributed by atoms with Gasteiger partial charge in [0, 0.05) is 30.7 Å². The molecule has 1 heterocycles. The zero-order chi connectivity index (χ0) is 17.6. The molecule has 7 nitrogen and oxygen atoms in total. The summed E-state index contributed by atoms with van der Waals surface area (Å²) in [6.07, 6.45) is 2.81. The molecule has 2 amide bonds. The molecule has 2 aromatic rings. The molecule has 0 aliphatic carbocycles. The second-order valence-electron chi connectivity index (χ2n) is 5.46. The molecule has 0 bridgehead atoms. The lowest BCUT2D eigenvalue weighted by Gasteiger charge is -2.11. The van der Waals surface area contributed by atoms with Gasteiger partial charge in [-0.25, -0.2) is 17.9 Å². The van der Waals surface area contributed by atoms with Crippen LogP contribution in [0.25, 0.3) is 0 Å². The third-order valence-electron chi connectivity index (χ3n) is 3.04. The maximum atomic E-state index is 12.1. The normalized spacial score (nSPS) is 11.3. The Labute approximate surface area is 141 Å². The van der Waals surface area contributed by atoms with Crippen molar-refractivity contribution in [1.29, 1.82) is 0 Å². The van der Waals surface area contributed by atoms with E-state index in [2.05, 4.69) is 20.3 Å². The van der Waals surface area contributed by atoms with E-state index < -0.39 is 10.0 Å². The molecule has 24 heavy (non-hydrogen) atoms. The van der Waals surface area contributed by atoms with Gasteiger partial charge in [0.1, 0.15) is 4.90 Å². The monoisotopic (exact) mass is 348 g/mol. The van der Waals surface area contributed by atoms with Crippen molar-refractivity contribution >= 4 is 21.7 Å². The number of anilines is 1. The van der Waals surface area contributed by atoms with E-state index in [1.807, 2.05) is 13.8 Å². The fraction of sp³-hybridized carbons (Fsp3) is 0.250. The fourth-order valence-corrected chi connectivity index (χ4v) is 2.88. The number of carbonyl (C=O) groups is 1. The van der Waals surface area contributed by atoms with Crippen molar-refractivity contribution in [3.8, 4) is 0 Å². The summed E-state index contributed by atoms with van der Waals surface area (Å²) in [5.74, 6) is 0. The van der Waals surface area contributed by atoms with E-state index in [0.717, 1.165) is 5.56 Å². The van der Waals surface area contributed by atoms with Crippen LogP contribution in [-0.2, 0) is 16.6 Å². The first-order valence-corrected chi connectivity index (χ1v) is 8.91. The summed E-state index contributed by atoms with van der Waals surface area (Å²) in [6, 6.07) is 9.74. The second kappa shape index (κ2) is 7.89. The van der Waals surface area contributed by atoms with Gasteiger partial charge in [-0.1, -0.05) is 12.1 Å². The highest BCUT2D eigenvalue weighted by atomic mass is 32.2. The van der Waals surface area contributed by atoms with Crippen LogP contribution in [0.5, 0.6) is 0 Å². The largest absolute Gasteiger partial charge is 0.336 e. The first-order valence-electron chi connectivity index (χ1n) is 7.43. The smallest absolute Gasteiger partial charge is 0.319 e. The maximum Gasteiger partial charge on any atom is 0.319 e. The number of amides is 2. The highest BCUT2D eigenvalue weighted by Crippen LogP contribution is 2.11. The fourth-order valence-electron chi connectivity index (χ4n) is 1.90.